The lowest BCUT2D eigenvalue weighted by Crippen LogP contribution is -2.15. The van der Waals surface area contributed by atoms with E-state index in [1.807, 2.05) is 29.7 Å². The van der Waals surface area contributed by atoms with Crippen LogP contribution < -0.4 is 11.1 Å². The molecule has 0 radical (unpaired) electrons. The van der Waals surface area contributed by atoms with Crippen molar-refractivity contribution in [2.45, 2.75) is 19.4 Å². The fourth-order valence-electron chi connectivity index (χ4n) is 1.60. The minimum absolute atomic E-state index is 0.132. The summed E-state index contributed by atoms with van der Waals surface area (Å²) >= 11 is 1.69. The molecule has 8 heteroatoms. The number of carbonyl (C=O) groups excluding carboxylic acids is 1. The summed E-state index contributed by atoms with van der Waals surface area (Å²) in [4.78, 5) is 23.7. The van der Waals surface area contributed by atoms with Crippen LogP contribution >= 0.6 is 11.3 Å². The molecule has 0 aliphatic carbocycles. The molecule has 0 spiro atoms. The van der Waals surface area contributed by atoms with Crippen LogP contribution in [-0.4, -0.2) is 50.0 Å². The Bertz CT molecular complexity index is 558. The SMILES string of the molecule is CC(=O)O.CN=C/C=C(N)/C=C/c1cccs1.O=COC1CCNC1. The number of rotatable bonds is 5. The van der Waals surface area contributed by atoms with Crippen molar-refractivity contribution in [1.29, 1.82) is 0 Å². The van der Waals surface area contributed by atoms with E-state index in [2.05, 4.69) is 15.0 Å². The fraction of sp³-hybridized carbons (Fsp3) is 0.353. The largest absolute Gasteiger partial charge is 0.481 e. The monoisotopic (exact) mass is 367 g/mol. The van der Waals surface area contributed by atoms with Gasteiger partial charge >= 0.3 is 0 Å². The molecule has 1 aromatic heterocycles. The normalized spacial score (nSPS) is 16.7. The van der Waals surface area contributed by atoms with Crippen molar-refractivity contribution < 1.29 is 19.4 Å². The second-order valence-corrected chi connectivity index (χ2v) is 5.77. The highest BCUT2D eigenvalue weighted by atomic mass is 32.1. The Morgan fingerprint density at radius 1 is 1.56 bits per heavy atom. The number of aliphatic imine (C=N–C) groups is 1. The molecule has 1 saturated heterocycles. The maximum Gasteiger partial charge on any atom is 0.300 e. The van der Waals surface area contributed by atoms with Crippen molar-refractivity contribution in [3.8, 4) is 0 Å². The first-order chi connectivity index (χ1) is 12.0. The number of thiophene rings is 1. The van der Waals surface area contributed by atoms with Crippen molar-refractivity contribution in [2.24, 2.45) is 10.7 Å². The number of aliphatic carboxylic acids is 1. The Balaban J connectivity index is 0.000000407. The van der Waals surface area contributed by atoms with E-state index in [0.29, 0.717) is 12.2 Å². The quantitative estimate of drug-likeness (QED) is 0.416. The van der Waals surface area contributed by atoms with Crippen LogP contribution in [0, 0.1) is 0 Å². The second-order valence-electron chi connectivity index (χ2n) is 4.79. The van der Waals surface area contributed by atoms with Gasteiger partial charge in [-0.05, 0) is 42.6 Å². The van der Waals surface area contributed by atoms with Crippen LogP contribution in [0.1, 0.15) is 18.2 Å². The molecule has 1 aliphatic heterocycles. The Kier molecular flexibility index (Phi) is 13.6. The molecule has 1 unspecified atom stereocenters. The Labute approximate surface area is 151 Å². The van der Waals surface area contributed by atoms with Crippen molar-refractivity contribution >= 4 is 36.1 Å². The predicted octanol–water partition coefficient (Wildman–Crippen LogP) is 1.92. The van der Waals surface area contributed by atoms with E-state index >= 15 is 0 Å². The summed E-state index contributed by atoms with van der Waals surface area (Å²) in [6, 6.07) is 4.06. The number of allylic oxidation sites excluding steroid dienone is 2. The number of carboxylic acid groups (broad SMARTS) is 1. The standard InChI is InChI=1S/C10H12N2S.C5H9NO2.C2H4O2/c1-12-7-6-9(11)4-5-10-3-2-8-13-10;7-4-8-5-1-2-6-3-5;1-2(3)4/h2-8H,11H2,1H3;4-6H,1-3H2;1H3,(H,3,4)/b5-4+,9-6-,12-7?;;. The minimum atomic E-state index is -0.833. The van der Waals surface area contributed by atoms with E-state index in [1.54, 1.807) is 30.7 Å². The number of ether oxygens (including phenoxy) is 1. The van der Waals surface area contributed by atoms with Crippen LogP contribution in [0.2, 0.25) is 0 Å². The van der Waals surface area contributed by atoms with E-state index in [9.17, 15) is 4.79 Å². The third kappa shape index (κ3) is 14.9. The molecule has 1 aliphatic rings. The Morgan fingerprint density at radius 3 is 2.76 bits per heavy atom. The highest BCUT2D eigenvalue weighted by Crippen LogP contribution is 2.10. The van der Waals surface area contributed by atoms with E-state index in [4.69, 9.17) is 15.6 Å². The van der Waals surface area contributed by atoms with Crippen LogP contribution in [0.25, 0.3) is 6.08 Å². The molecule has 2 rings (SSSR count). The van der Waals surface area contributed by atoms with Crippen LogP contribution in [0.4, 0.5) is 0 Å². The molecule has 0 saturated carbocycles. The van der Waals surface area contributed by atoms with Crippen LogP contribution in [0.15, 0.2) is 40.4 Å². The summed E-state index contributed by atoms with van der Waals surface area (Å²) in [6.07, 6.45) is 8.39. The molecular weight excluding hydrogens is 342 g/mol. The van der Waals surface area contributed by atoms with E-state index < -0.39 is 5.97 Å². The van der Waals surface area contributed by atoms with Crippen molar-refractivity contribution in [2.75, 3.05) is 20.1 Å². The molecule has 4 N–H and O–H groups in total. The van der Waals surface area contributed by atoms with Crippen molar-refractivity contribution in [3.63, 3.8) is 0 Å². The van der Waals surface area contributed by atoms with Crippen molar-refractivity contribution in [3.05, 3.63) is 40.2 Å². The summed E-state index contributed by atoms with van der Waals surface area (Å²) in [5.41, 5.74) is 6.37. The zero-order chi connectivity index (χ0) is 18.9. The smallest absolute Gasteiger partial charge is 0.300 e. The summed E-state index contributed by atoms with van der Waals surface area (Å²) in [6.45, 7) is 3.38. The lowest BCUT2D eigenvalue weighted by molar-refractivity contribution is -0.134. The lowest BCUT2D eigenvalue weighted by Gasteiger charge is -2.02. The summed E-state index contributed by atoms with van der Waals surface area (Å²) in [5.74, 6) is -0.833. The number of carbonyl (C=O) groups is 2. The number of nitrogens with two attached hydrogens (primary N) is 1. The maximum absolute atomic E-state index is 9.71. The van der Waals surface area contributed by atoms with Crippen LogP contribution in [0.5, 0.6) is 0 Å². The molecule has 7 nitrogen and oxygen atoms in total. The first kappa shape index (κ1) is 22.6. The first-order valence-corrected chi connectivity index (χ1v) is 8.46. The van der Waals surface area contributed by atoms with E-state index in [0.717, 1.165) is 26.4 Å². The highest BCUT2D eigenvalue weighted by Gasteiger charge is 2.13. The van der Waals surface area contributed by atoms with Crippen molar-refractivity contribution in [1.82, 2.24) is 5.32 Å². The van der Waals surface area contributed by atoms with Gasteiger partial charge < -0.3 is 20.9 Å². The zero-order valence-corrected chi connectivity index (χ0v) is 15.2. The molecule has 1 fully saturated rings. The first-order valence-electron chi connectivity index (χ1n) is 7.58. The van der Waals surface area contributed by atoms with Gasteiger partial charge in [0.15, 0.2) is 0 Å². The van der Waals surface area contributed by atoms with E-state index in [-0.39, 0.29) is 6.10 Å². The molecule has 1 aromatic rings. The van der Waals surface area contributed by atoms with Crippen LogP contribution in [0.3, 0.4) is 0 Å². The van der Waals surface area contributed by atoms with Gasteiger partial charge in [0.1, 0.15) is 6.10 Å². The molecule has 0 amide bonds. The molecular formula is C17H25N3O4S. The van der Waals surface area contributed by atoms with Gasteiger partial charge in [-0.3, -0.25) is 14.6 Å². The Hall–Kier alpha value is -2.45. The number of carboxylic acids is 1. The third-order valence-corrected chi connectivity index (χ3v) is 3.50. The van der Waals surface area contributed by atoms with Gasteiger partial charge in [0, 0.05) is 37.3 Å². The van der Waals surface area contributed by atoms with Gasteiger partial charge in [0.25, 0.3) is 12.4 Å². The molecule has 2 heterocycles. The van der Waals surface area contributed by atoms with Gasteiger partial charge in [-0.15, -0.1) is 11.3 Å². The predicted molar refractivity (Wildman–Crippen MR) is 102 cm³/mol. The molecule has 0 aromatic carbocycles. The number of nitrogens with zero attached hydrogens (tertiary/aromatic N) is 1. The van der Waals surface area contributed by atoms with Gasteiger partial charge in [0.05, 0.1) is 0 Å². The Morgan fingerprint density at radius 2 is 2.28 bits per heavy atom. The topological polar surface area (TPSA) is 114 Å². The lowest BCUT2D eigenvalue weighted by atomic mass is 10.3. The maximum atomic E-state index is 9.71. The third-order valence-electron chi connectivity index (χ3n) is 2.66. The highest BCUT2D eigenvalue weighted by molar-refractivity contribution is 7.10. The average molecular weight is 367 g/mol. The van der Waals surface area contributed by atoms with Gasteiger partial charge in [-0.1, -0.05) is 6.07 Å². The molecule has 138 valence electrons. The van der Waals surface area contributed by atoms with Crippen LogP contribution in [-0.2, 0) is 14.3 Å². The molecule has 1 atom stereocenters. The van der Waals surface area contributed by atoms with Gasteiger partial charge in [0.2, 0.25) is 0 Å². The van der Waals surface area contributed by atoms with E-state index in [1.165, 1.54) is 4.88 Å². The zero-order valence-electron chi connectivity index (χ0n) is 14.4. The summed E-state index contributed by atoms with van der Waals surface area (Å²) < 4.78 is 4.66. The fourth-order valence-corrected chi connectivity index (χ4v) is 2.22. The summed E-state index contributed by atoms with van der Waals surface area (Å²) in [7, 11) is 1.72. The number of nitrogens with one attached hydrogen (secondary N) is 1. The second kappa shape index (κ2) is 15.1. The average Bonchev–Trinajstić information content (AvgIpc) is 3.25. The molecule has 0 bridgehead atoms. The van der Waals surface area contributed by atoms with Gasteiger partial charge in [-0.2, -0.15) is 0 Å². The van der Waals surface area contributed by atoms with Gasteiger partial charge in [-0.25, -0.2) is 0 Å². The minimum Gasteiger partial charge on any atom is -0.481 e. The molecule has 25 heavy (non-hydrogen) atoms. The number of hydrogen-bond acceptors (Lipinski definition) is 7. The number of hydrogen-bond donors (Lipinski definition) is 3. The summed E-state index contributed by atoms with van der Waals surface area (Å²) in [5, 5.41) is 12.5.